The van der Waals surface area contributed by atoms with Gasteiger partial charge in [-0.2, -0.15) is 11.8 Å². The minimum absolute atomic E-state index is 0.169. The molecule has 0 aromatic heterocycles. The fourth-order valence-electron chi connectivity index (χ4n) is 2.43. The molecule has 0 saturated heterocycles. The zero-order chi connectivity index (χ0) is 15.6. The molecule has 2 atom stereocenters. The Hall–Kier alpha value is -1.32. The molecule has 0 amide bonds. The predicted molar refractivity (Wildman–Crippen MR) is 80.0 cm³/mol. The maximum absolute atomic E-state index is 12.3. The molecule has 1 aromatic carbocycles. The molecule has 1 aromatic rings. The van der Waals surface area contributed by atoms with Crippen molar-refractivity contribution in [3.8, 4) is 5.75 Å². The average Bonchev–Trinajstić information content (AvgIpc) is 2.85. The maximum atomic E-state index is 12.3. The van der Waals surface area contributed by atoms with E-state index >= 15 is 0 Å². The third-order valence-electron chi connectivity index (χ3n) is 3.52. The molecule has 9 heteroatoms. The van der Waals surface area contributed by atoms with E-state index in [0.29, 0.717) is 0 Å². The van der Waals surface area contributed by atoms with Gasteiger partial charge in [0.2, 0.25) is 10.0 Å². The van der Waals surface area contributed by atoms with Gasteiger partial charge in [-0.3, -0.25) is 10.1 Å². The highest BCUT2D eigenvalue weighted by Crippen LogP contribution is 2.31. The van der Waals surface area contributed by atoms with Gasteiger partial charge in [0, 0.05) is 17.4 Å². The van der Waals surface area contributed by atoms with Crippen molar-refractivity contribution in [2.75, 3.05) is 6.26 Å². The molecule has 1 aliphatic carbocycles. The van der Waals surface area contributed by atoms with Crippen LogP contribution in [0.15, 0.2) is 23.1 Å². The number of nitrogens with zero attached hydrogens (tertiary/aromatic N) is 1. The number of phenols is 1. The highest BCUT2D eigenvalue weighted by Gasteiger charge is 2.31. The van der Waals surface area contributed by atoms with Crippen LogP contribution in [0.1, 0.15) is 19.3 Å². The molecule has 2 rings (SSSR count). The van der Waals surface area contributed by atoms with E-state index in [4.69, 9.17) is 0 Å². The number of aromatic hydroxyl groups is 1. The van der Waals surface area contributed by atoms with Crippen molar-refractivity contribution in [3.05, 3.63) is 28.3 Å². The number of nitro benzene ring substituents is 1. The summed E-state index contributed by atoms with van der Waals surface area (Å²) in [6, 6.07) is 2.89. The number of nitrogens with one attached hydrogen (secondary N) is 1. The Morgan fingerprint density at radius 2 is 2.14 bits per heavy atom. The van der Waals surface area contributed by atoms with E-state index in [1.807, 2.05) is 6.26 Å². The van der Waals surface area contributed by atoms with Crippen molar-refractivity contribution in [1.82, 2.24) is 4.72 Å². The number of hydrogen-bond acceptors (Lipinski definition) is 6. The molecule has 1 fully saturated rings. The average molecular weight is 332 g/mol. The molecule has 2 unspecified atom stereocenters. The van der Waals surface area contributed by atoms with Crippen molar-refractivity contribution in [3.63, 3.8) is 0 Å². The summed E-state index contributed by atoms with van der Waals surface area (Å²) >= 11 is 1.61. The standard InChI is InChI=1S/C12H16N2O5S2/c1-20-12-4-2-3-9(12)13-21(18,19)8-5-6-11(15)10(7-8)14(16)17/h5-7,9,12-13,15H,2-4H2,1H3. The third kappa shape index (κ3) is 3.47. The molecule has 0 radical (unpaired) electrons. The van der Waals surface area contributed by atoms with Crippen molar-refractivity contribution in [1.29, 1.82) is 0 Å². The van der Waals surface area contributed by atoms with Gasteiger partial charge in [0.05, 0.1) is 9.82 Å². The summed E-state index contributed by atoms with van der Waals surface area (Å²) < 4.78 is 27.2. The molecular formula is C12H16N2O5S2. The Morgan fingerprint density at radius 1 is 1.43 bits per heavy atom. The fraction of sp³-hybridized carbons (Fsp3) is 0.500. The van der Waals surface area contributed by atoms with Crippen LogP contribution in [0, 0.1) is 10.1 Å². The summed E-state index contributed by atoms with van der Waals surface area (Å²) in [5.41, 5.74) is -0.620. The van der Waals surface area contributed by atoms with Crippen LogP contribution in [-0.4, -0.2) is 36.0 Å². The normalized spacial score (nSPS) is 22.3. The summed E-state index contributed by atoms with van der Waals surface area (Å²) in [6.45, 7) is 0. The van der Waals surface area contributed by atoms with Crippen LogP contribution >= 0.6 is 11.8 Å². The van der Waals surface area contributed by atoms with Crippen LogP contribution in [-0.2, 0) is 10.0 Å². The van der Waals surface area contributed by atoms with Crippen LogP contribution in [0.2, 0.25) is 0 Å². The van der Waals surface area contributed by atoms with Crippen molar-refractivity contribution in [2.24, 2.45) is 0 Å². The lowest BCUT2D eigenvalue weighted by atomic mass is 10.3. The van der Waals surface area contributed by atoms with Crippen LogP contribution in [0.4, 0.5) is 5.69 Å². The van der Waals surface area contributed by atoms with E-state index in [-0.39, 0.29) is 16.2 Å². The molecule has 21 heavy (non-hydrogen) atoms. The van der Waals surface area contributed by atoms with Gasteiger partial charge >= 0.3 is 5.69 Å². The minimum atomic E-state index is -3.84. The van der Waals surface area contributed by atoms with Gasteiger partial charge in [-0.15, -0.1) is 0 Å². The lowest BCUT2D eigenvalue weighted by Crippen LogP contribution is -2.38. The summed E-state index contributed by atoms with van der Waals surface area (Å²) in [4.78, 5) is 9.75. The number of thioether (sulfide) groups is 1. The van der Waals surface area contributed by atoms with Gasteiger partial charge in [0.1, 0.15) is 0 Å². The summed E-state index contributed by atoms with van der Waals surface area (Å²) in [6.07, 6.45) is 4.59. The van der Waals surface area contributed by atoms with E-state index in [0.717, 1.165) is 37.5 Å². The van der Waals surface area contributed by atoms with Crippen LogP contribution in [0.25, 0.3) is 0 Å². The SMILES string of the molecule is CSC1CCCC1NS(=O)(=O)c1ccc(O)c([N+](=O)[O-])c1. The van der Waals surface area contributed by atoms with E-state index in [9.17, 15) is 23.6 Å². The lowest BCUT2D eigenvalue weighted by molar-refractivity contribution is -0.386. The number of nitro groups is 1. The first-order chi connectivity index (χ1) is 9.85. The number of rotatable bonds is 5. The molecule has 1 aliphatic rings. The van der Waals surface area contributed by atoms with E-state index < -0.39 is 26.4 Å². The first kappa shape index (κ1) is 16.1. The Kier molecular flexibility index (Phi) is 4.74. The Labute approximate surface area is 126 Å². The number of sulfonamides is 1. The van der Waals surface area contributed by atoms with Crippen LogP contribution in [0.3, 0.4) is 0 Å². The zero-order valence-electron chi connectivity index (χ0n) is 11.4. The van der Waals surface area contributed by atoms with Crippen LogP contribution < -0.4 is 4.72 Å². The monoisotopic (exact) mass is 332 g/mol. The quantitative estimate of drug-likeness (QED) is 0.629. The predicted octanol–water partition coefficient (Wildman–Crippen LogP) is 1.86. The summed E-state index contributed by atoms with van der Waals surface area (Å²) in [5.74, 6) is -0.554. The smallest absolute Gasteiger partial charge is 0.312 e. The lowest BCUT2D eigenvalue weighted by Gasteiger charge is -2.19. The molecule has 0 spiro atoms. The topological polar surface area (TPSA) is 110 Å². The summed E-state index contributed by atoms with van der Waals surface area (Å²) in [7, 11) is -3.84. The molecule has 116 valence electrons. The van der Waals surface area contributed by atoms with Crippen molar-refractivity contribution in [2.45, 2.75) is 35.4 Å². The van der Waals surface area contributed by atoms with Gasteiger partial charge in [-0.05, 0) is 31.2 Å². The number of benzene rings is 1. The van der Waals surface area contributed by atoms with Gasteiger partial charge in [0.15, 0.2) is 5.75 Å². The molecule has 2 N–H and O–H groups in total. The Bertz CT molecular complexity index is 647. The Morgan fingerprint density at radius 3 is 2.76 bits per heavy atom. The number of phenolic OH excluding ortho intramolecular Hbond substituents is 1. The molecular weight excluding hydrogens is 316 g/mol. The maximum Gasteiger partial charge on any atom is 0.312 e. The number of hydrogen-bond donors (Lipinski definition) is 2. The van der Waals surface area contributed by atoms with E-state index in [2.05, 4.69) is 4.72 Å². The van der Waals surface area contributed by atoms with Gasteiger partial charge in [0.25, 0.3) is 0 Å². The van der Waals surface area contributed by atoms with Gasteiger partial charge in [-0.1, -0.05) is 6.42 Å². The molecule has 0 heterocycles. The first-order valence-corrected chi connectivity index (χ1v) is 9.15. The van der Waals surface area contributed by atoms with Gasteiger partial charge < -0.3 is 5.11 Å². The Balaban J connectivity index is 2.27. The van der Waals surface area contributed by atoms with E-state index in [1.165, 1.54) is 0 Å². The van der Waals surface area contributed by atoms with E-state index in [1.54, 1.807) is 11.8 Å². The van der Waals surface area contributed by atoms with Crippen molar-refractivity contribution >= 4 is 27.5 Å². The molecule has 7 nitrogen and oxygen atoms in total. The highest BCUT2D eigenvalue weighted by atomic mass is 32.2. The third-order valence-corrected chi connectivity index (χ3v) is 6.17. The second-order valence-corrected chi connectivity index (χ2v) is 7.63. The highest BCUT2D eigenvalue weighted by molar-refractivity contribution is 7.99. The second kappa shape index (κ2) is 6.20. The summed E-state index contributed by atoms with van der Waals surface area (Å²) in [5, 5.41) is 20.4. The molecule has 0 aliphatic heterocycles. The van der Waals surface area contributed by atoms with Gasteiger partial charge in [-0.25, -0.2) is 13.1 Å². The largest absolute Gasteiger partial charge is 0.502 e. The van der Waals surface area contributed by atoms with Crippen molar-refractivity contribution < 1.29 is 18.4 Å². The second-order valence-electron chi connectivity index (χ2n) is 4.84. The first-order valence-electron chi connectivity index (χ1n) is 6.37. The zero-order valence-corrected chi connectivity index (χ0v) is 13.0. The molecule has 0 bridgehead atoms. The minimum Gasteiger partial charge on any atom is -0.502 e. The molecule has 1 saturated carbocycles. The van der Waals surface area contributed by atoms with Crippen LogP contribution in [0.5, 0.6) is 5.75 Å². The fourth-order valence-corrected chi connectivity index (χ4v) is 4.78.